The molecule has 28 heavy (non-hydrogen) atoms. The van der Waals surface area contributed by atoms with Gasteiger partial charge in [-0.15, -0.1) is 0 Å². The molecule has 8 heteroatoms. The lowest BCUT2D eigenvalue weighted by Crippen LogP contribution is -2.41. The summed E-state index contributed by atoms with van der Waals surface area (Å²) < 4.78 is 17.6. The van der Waals surface area contributed by atoms with Crippen molar-refractivity contribution in [3.8, 4) is 0 Å². The van der Waals surface area contributed by atoms with Gasteiger partial charge in [0.1, 0.15) is 5.60 Å². The van der Waals surface area contributed by atoms with Crippen LogP contribution in [0.4, 0.5) is 10.5 Å². The number of carboxylic acid groups (broad SMARTS) is 1. The first-order valence-electron chi connectivity index (χ1n) is 9.26. The summed E-state index contributed by atoms with van der Waals surface area (Å²) in [6, 6.07) is 3.17. The minimum atomic E-state index is -1.09. The van der Waals surface area contributed by atoms with E-state index in [1.54, 1.807) is 40.8 Å². The molecule has 1 aromatic carbocycles. The molecular weight excluding hydrogens is 361 g/mol. The quantitative estimate of drug-likeness (QED) is 0.796. The number of benzene rings is 1. The molecule has 0 unspecified atom stereocenters. The minimum absolute atomic E-state index is 0.0811. The Balaban J connectivity index is 2.50. The Morgan fingerprint density at radius 3 is 2.04 bits per heavy atom. The van der Waals surface area contributed by atoms with Crippen LogP contribution in [0.3, 0.4) is 0 Å². The third-order valence-corrected chi connectivity index (χ3v) is 5.22. The fourth-order valence-corrected chi connectivity index (χ4v) is 2.79. The van der Waals surface area contributed by atoms with E-state index in [4.69, 9.17) is 14.0 Å². The number of anilines is 1. The SMILES string of the molecule is Cc1c(B2OC(C)(C)C(C)(C)O2)cc(N(C)C(=O)OC(C)(C)C)cc1C(=O)O. The summed E-state index contributed by atoms with van der Waals surface area (Å²) in [6.07, 6.45) is -0.576. The normalized spacial score (nSPS) is 18.1. The lowest BCUT2D eigenvalue weighted by Gasteiger charge is -2.32. The first-order chi connectivity index (χ1) is 12.6. The van der Waals surface area contributed by atoms with Gasteiger partial charge in [-0.3, -0.25) is 4.90 Å². The lowest BCUT2D eigenvalue weighted by molar-refractivity contribution is 0.00578. The van der Waals surface area contributed by atoms with Gasteiger partial charge in [-0.2, -0.15) is 0 Å². The molecule has 0 bridgehead atoms. The Bertz CT molecular complexity index is 781. The summed E-state index contributed by atoms with van der Waals surface area (Å²) in [7, 11) is 0.799. The average Bonchev–Trinajstić information content (AvgIpc) is 2.72. The number of aromatic carboxylic acids is 1. The zero-order valence-electron chi connectivity index (χ0n) is 18.2. The van der Waals surface area contributed by atoms with E-state index < -0.39 is 36.0 Å². The first-order valence-corrected chi connectivity index (χ1v) is 9.26. The third kappa shape index (κ3) is 4.33. The fourth-order valence-electron chi connectivity index (χ4n) is 2.79. The molecule has 1 amide bonds. The molecule has 1 saturated heterocycles. The topological polar surface area (TPSA) is 85.3 Å². The highest BCUT2D eigenvalue weighted by atomic mass is 16.7. The van der Waals surface area contributed by atoms with Crippen LogP contribution in [0.2, 0.25) is 0 Å². The molecule has 1 N–H and O–H groups in total. The van der Waals surface area contributed by atoms with Gasteiger partial charge in [-0.05, 0) is 78.5 Å². The molecule has 0 aliphatic carbocycles. The van der Waals surface area contributed by atoms with Crippen LogP contribution in [0.1, 0.15) is 64.4 Å². The smallest absolute Gasteiger partial charge is 0.478 e. The van der Waals surface area contributed by atoms with Crippen molar-refractivity contribution in [3.63, 3.8) is 0 Å². The fraction of sp³-hybridized carbons (Fsp3) is 0.600. The number of rotatable bonds is 3. The molecule has 1 aliphatic heterocycles. The standard InChI is InChI=1S/C20H30BNO6/c1-12-14(16(23)24)10-13(22(9)17(25)26-18(2,3)4)11-15(12)21-27-19(5,6)20(7,8)28-21/h10-11H,1-9H3,(H,23,24). The molecule has 0 aromatic heterocycles. The molecule has 7 nitrogen and oxygen atoms in total. The number of carboxylic acids is 1. The number of ether oxygens (including phenoxy) is 1. The van der Waals surface area contributed by atoms with Gasteiger partial charge >= 0.3 is 19.2 Å². The number of carbonyl (C=O) groups is 2. The van der Waals surface area contributed by atoms with Gasteiger partial charge in [0, 0.05) is 12.7 Å². The maximum atomic E-state index is 12.5. The molecule has 154 valence electrons. The summed E-state index contributed by atoms with van der Waals surface area (Å²) in [5.74, 6) is -1.09. The monoisotopic (exact) mass is 391 g/mol. The molecule has 1 heterocycles. The maximum Gasteiger partial charge on any atom is 0.495 e. The Hall–Kier alpha value is -2.06. The second kappa shape index (κ2) is 7.08. The average molecular weight is 391 g/mol. The van der Waals surface area contributed by atoms with E-state index in [0.29, 0.717) is 16.7 Å². The van der Waals surface area contributed by atoms with Gasteiger partial charge in [0.25, 0.3) is 0 Å². The highest BCUT2D eigenvalue weighted by molar-refractivity contribution is 6.63. The van der Waals surface area contributed by atoms with E-state index in [1.165, 1.54) is 11.0 Å². The van der Waals surface area contributed by atoms with E-state index in [9.17, 15) is 14.7 Å². The number of hydrogen-bond donors (Lipinski definition) is 1. The van der Waals surface area contributed by atoms with Crippen molar-refractivity contribution in [1.82, 2.24) is 0 Å². The number of hydrogen-bond acceptors (Lipinski definition) is 5. The minimum Gasteiger partial charge on any atom is -0.478 e. The second-order valence-corrected chi connectivity index (χ2v) is 9.14. The number of carbonyl (C=O) groups excluding carboxylic acids is 1. The van der Waals surface area contributed by atoms with Gasteiger partial charge in [0.15, 0.2) is 0 Å². The third-order valence-electron chi connectivity index (χ3n) is 5.22. The van der Waals surface area contributed by atoms with E-state index in [-0.39, 0.29) is 5.56 Å². The van der Waals surface area contributed by atoms with Gasteiger partial charge in [-0.1, -0.05) is 0 Å². The van der Waals surface area contributed by atoms with Gasteiger partial charge < -0.3 is 19.2 Å². The summed E-state index contributed by atoms with van der Waals surface area (Å²) in [5, 5.41) is 9.65. The van der Waals surface area contributed by atoms with Crippen LogP contribution >= 0.6 is 0 Å². The molecule has 0 radical (unpaired) electrons. The predicted molar refractivity (Wildman–Crippen MR) is 108 cm³/mol. The molecule has 0 atom stereocenters. The summed E-state index contributed by atoms with van der Waals surface area (Å²) in [5.41, 5.74) is -0.225. The van der Waals surface area contributed by atoms with E-state index in [1.807, 2.05) is 27.7 Å². The zero-order chi connectivity index (χ0) is 21.7. The lowest BCUT2D eigenvalue weighted by atomic mass is 9.74. The molecular formula is C20H30BNO6. The molecule has 1 aliphatic rings. The van der Waals surface area contributed by atoms with Crippen molar-refractivity contribution >= 4 is 30.3 Å². The van der Waals surface area contributed by atoms with E-state index in [2.05, 4.69) is 0 Å². The second-order valence-electron chi connectivity index (χ2n) is 9.14. The predicted octanol–water partition coefficient (Wildman–Crippen LogP) is 3.36. The maximum absolute atomic E-state index is 12.5. The van der Waals surface area contributed by atoms with Crippen molar-refractivity contribution in [3.05, 3.63) is 23.3 Å². The van der Waals surface area contributed by atoms with Crippen LogP contribution < -0.4 is 10.4 Å². The Morgan fingerprint density at radius 2 is 1.61 bits per heavy atom. The van der Waals surface area contributed by atoms with Crippen LogP contribution in [0.25, 0.3) is 0 Å². The van der Waals surface area contributed by atoms with Crippen molar-refractivity contribution in [2.75, 3.05) is 11.9 Å². The zero-order valence-corrected chi connectivity index (χ0v) is 18.2. The van der Waals surface area contributed by atoms with E-state index in [0.717, 1.165) is 0 Å². The molecule has 1 fully saturated rings. The number of nitrogens with zero attached hydrogens (tertiary/aromatic N) is 1. The first kappa shape index (κ1) is 22.2. The van der Waals surface area contributed by atoms with Crippen LogP contribution in [0.5, 0.6) is 0 Å². The van der Waals surface area contributed by atoms with Crippen LogP contribution in [0.15, 0.2) is 12.1 Å². The van der Waals surface area contributed by atoms with Crippen LogP contribution in [0, 0.1) is 6.92 Å². The molecule has 2 rings (SSSR count). The molecule has 0 spiro atoms. The summed E-state index contributed by atoms with van der Waals surface area (Å²) in [4.78, 5) is 25.5. The van der Waals surface area contributed by atoms with Crippen molar-refractivity contribution in [2.45, 2.75) is 72.2 Å². The molecule has 1 aromatic rings. The van der Waals surface area contributed by atoms with Gasteiger partial charge in [0.2, 0.25) is 0 Å². The Kier molecular flexibility index (Phi) is 5.62. The highest BCUT2D eigenvalue weighted by Gasteiger charge is 2.52. The highest BCUT2D eigenvalue weighted by Crippen LogP contribution is 2.37. The summed E-state index contributed by atoms with van der Waals surface area (Å²) in [6.45, 7) is 14.7. The Morgan fingerprint density at radius 1 is 1.11 bits per heavy atom. The van der Waals surface area contributed by atoms with Gasteiger partial charge in [-0.25, -0.2) is 9.59 Å². The van der Waals surface area contributed by atoms with E-state index >= 15 is 0 Å². The van der Waals surface area contributed by atoms with Crippen LogP contribution in [-0.2, 0) is 14.0 Å². The number of amides is 1. The molecule has 0 saturated carbocycles. The largest absolute Gasteiger partial charge is 0.495 e. The van der Waals surface area contributed by atoms with Crippen molar-refractivity contribution in [2.24, 2.45) is 0 Å². The van der Waals surface area contributed by atoms with Crippen molar-refractivity contribution < 1.29 is 28.7 Å². The van der Waals surface area contributed by atoms with Crippen molar-refractivity contribution in [1.29, 1.82) is 0 Å². The summed E-state index contributed by atoms with van der Waals surface area (Å²) >= 11 is 0. The Labute approximate surface area is 167 Å². The van der Waals surface area contributed by atoms with Gasteiger partial charge in [0.05, 0.1) is 16.8 Å². The van der Waals surface area contributed by atoms with Crippen LogP contribution in [-0.4, -0.2) is 48.1 Å².